The molecule has 5 heteroatoms. The molecular weight excluding hydrogens is 304 g/mol. The smallest absolute Gasteiger partial charge is 0.261 e. The molecule has 22 heavy (non-hydrogen) atoms. The predicted octanol–water partition coefficient (Wildman–Crippen LogP) is 4.95. The second-order valence-electron chi connectivity index (χ2n) is 4.61. The number of halogens is 2. The van der Waals surface area contributed by atoms with Crippen molar-refractivity contribution in [2.75, 3.05) is 5.32 Å². The van der Waals surface area contributed by atoms with Gasteiger partial charge in [0.2, 0.25) is 0 Å². The molecule has 0 unspecified atom stereocenters. The lowest BCUT2D eigenvalue weighted by atomic mass is 10.1. The van der Waals surface area contributed by atoms with Crippen molar-refractivity contribution in [2.24, 2.45) is 0 Å². The molecule has 0 aliphatic heterocycles. The van der Waals surface area contributed by atoms with E-state index in [4.69, 9.17) is 0 Å². The van der Waals surface area contributed by atoms with Gasteiger partial charge in [0.25, 0.3) is 5.91 Å². The SMILES string of the molecule is O=C(Nc1ccc(-c2cccs2)cc1)c1c(F)cccc1F. The third-order valence-corrected chi connectivity index (χ3v) is 4.06. The fraction of sp³-hybridized carbons (Fsp3) is 0. The van der Waals surface area contributed by atoms with E-state index in [0.717, 1.165) is 22.6 Å². The average Bonchev–Trinajstić information content (AvgIpc) is 3.02. The standard InChI is InChI=1S/C17H11F2NOS/c18-13-3-1-4-14(19)16(13)17(21)20-12-8-6-11(7-9-12)15-5-2-10-22-15/h1-10H,(H,20,21). The Morgan fingerprint density at radius 1 is 0.909 bits per heavy atom. The Morgan fingerprint density at radius 2 is 1.59 bits per heavy atom. The Labute approximate surface area is 130 Å². The Balaban J connectivity index is 1.80. The van der Waals surface area contributed by atoms with Gasteiger partial charge >= 0.3 is 0 Å². The van der Waals surface area contributed by atoms with Gasteiger partial charge in [0.15, 0.2) is 0 Å². The Kier molecular flexibility index (Phi) is 3.98. The van der Waals surface area contributed by atoms with Crippen LogP contribution in [0.1, 0.15) is 10.4 Å². The predicted molar refractivity (Wildman–Crippen MR) is 84.1 cm³/mol. The van der Waals surface area contributed by atoms with Gasteiger partial charge in [0.1, 0.15) is 17.2 Å². The molecule has 2 aromatic carbocycles. The van der Waals surface area contributed by atoms with Crippen molar-refractivity contribution in [1.82, 2.24) is 0 Å². The van der Waals surface area contributed by atoms with Gasteiger partial charge in [-0.05, 0) is 41.3 Å². The summed E-state index contributed by atoms with van der Waals surface area (Å²) in [5.41, 5.74) is 0.919. The molecule has 1 heterocycles. The molecule has 0 aliphatic carbocycles. The van der Waals surface area contributed by atoms with E-state index in [-0.39, 0.29) is 0 Å². The molecule has 3 rings (SSSR count). The number of rotatable bonds is 3. The number of hydrogen-bond donors (Lipinski definition) is 1. The van der Waals surface area contributed by atoms with Crippen molar-refractivity contribution < 1.29 is 13.6 Å². The van der Waals surface area contributed by atoms with Gasteiger partial charge in [0.05, 0.1) is 0 Å². The first-order chi connectivity index (χ1) is 10.6. The average molecular weight is 315 g/mol. The summed E-state index contributed by atoms with van der Waals surface area (Å²) in [7, 11) is 0. The van der Waals surface area contributed by atoms with Crippen LogP contribution in [0.2, 0.25) is 0 Å². The summed E-state index contributed by atoms with van der Waals surface area (Å²) >= 11 is 1.61. The monoisotopic (exact) mass is 315 g/mol. The number of carbonyl (C=O) groups is 1. The van der Waals surface area contributed by atoms with E-state index in [1.165, 1.54) is 6.07 Å². The molecule has 0 bridgehead atoms. The van der Waals surface area contributed by atoms with Crippen LogP contribution < -0.4 is 5.32 Å². The van der Waals surface area contributed by atoms with E-state index in [0.29, 0.717) is 5.69 Å². The molecule has 3 aromatic rings. The zero-order valence-electron chi connectivity index (χ0n) is 11.3. The topological polar surface area (TPSA) is 29.1 Å². The molecule has 0 aliphatic rings. The van der Waals surface area contributed by atoms with Crippen LogP contribution in [0.5, 0.6) is 0 Å². The fourth-order valence-electron chi connectivity index (χ4n) is 2.07. The summed E-state index contributed by atoms with van der Waals surface area (Å²) in [6.07, 6.45) is 0. The molecule has 0 saturated heterocycles. The van der Waals surface area contributed by atoms with Crippen LogP contribution >= 0.6 is 11.3 Å². The van der Waals surface area contributed by atoms with Crippen LogP contribution in [0.3, 0.4) is 0 Å². The zero-order chi connectivity index (χ0) is 15.5. The second-order valence-corrected chi connectivity index (χ2v) is 5.55. The molecule has 110 valence electrons. The van der Waals surface area contributed by atoms with E-state index in [9.17, 15) is 13.6 Å². The molecule has 0 saturated carbocycles. The Hall–Kier alpha value is -2.53. The summed E-state index contributed by atoms with van der Waals surface area (Å²) in [4.78, 5) is 13.1. The number of hydrogen-bond acceptors (Lipinski definition) is 2. The minimum absolute atomic E-state index is 0.480. The van der Waals surface area contributed by atoms with Crippen LogP contribution in [-0.2, 0) is 0 Å². The molecule has 0 radical (unpaired) electrons. The van der Waals surface area contributed by atoms with E-state index < -0.39 is 23.1 Å². The lowest BCUT2D eigenvalue weighted by molar-refractivity contribution is 0.101. The lowest BCUT2D eigenvalue weighted by Crippen LogP contribution is -2.15. The summed E-state index contributed by atoms with van der Waals surface area (Å²) in [5, 5.41) is 4.47. The number of benzene rings is 2. The first-order valence-corrected chi connectivity index (χ1v) is 7.42. The van der Waals surface area contributed by atoms with Crippen molar-refractivity contribution in [3.63, 3.8) is 0 Å². The van der Waals surface area contributed by atoms with E-state index in [1.807, 2.05) is 29.6 Å². The minimum Gasteiger partial charge on any atom is -0.322 e. The summed E-state index contributed by atoms with van der Waals surface area (Å²) in [5.74, 6) is -2.57. The summed E-state index contributed by atoms with van der Waals surface area (Å²) in [6, 6.07) is 14.4. The van der Waals surface area contributed by atoms with E-state index >= 15 is 0 Å². The highest BCUT2D eigenvalue weighted by molar-refractivity contribution is 7.13. The normalized spacial score (nSPS) is 10.5. The fourth-order valence-corrected chi connectivity index (χ4v) is 2.80. The second kappa shape index (κ2) is 6.07. The quantitative estimate of drug-likeness (QED) is 0.728. The molecular formula is C17H11F2NOS. The number of anilines is 1. The van der Waals surface area contributed by atoms with Crippen molar-refractivity contribution in [3.05, 3.63) is 77.2 Å². The number of nitrogens with one attached hydrogen (secondary N) is 1. The highest BCUT2D eigenvalue weighted by atomic mass is 32.1. The Morgan fingerprint density at radius 3 is 2.18 bits per heavy atom. The first-order valence-electron chi connectivity index (χ1n) is 6.54. The highest BCUT2D eigenvalue weighted by Crippen LogP contribution is 2.26. The van der Waals surface area contributed by atoms with Crippen LogP contribution in [0.25, 0.3) is 10.4 Å². The van der Waals surface area contributed by atoms with Crippen molar-refractivity contribution in [2.45, 2.75) is 0 Å². The van der Waals surface area contributed by atoms with Crippen LogP contribution in [0.15, 0.2) is 60.0 Å². The molecule has 1 N–H and O–H groups in total. The number of carbonyl (C=O) groups excluding carboxylic acids is 1. The molecule has 0 spiro atoms. The van der Waals surface area contributed by atoms with Gasteiger partial charge in [-0.1, -0.05) is 24.3 Å². The van der Waals surface area contributed by atoms with Gasteiger partial charge in [-0.25, -0.2) is 8.78 Å². The minimum atomic E-state index is -0.882. The molecule has 1 aromatic heterocycles. The third-order valence-electron chi connectivity index (χ3n) is 3.14. The molecule has 2 nitrogen and oxygen atoms in total. The molecule has 0 atom stereocenters. The maximum Gasteiger partial charge on any atom is 0.261 e. The molecule has 1 amide bonds. The van der Waals surface area contributed by atoms with Crippen LogP contribution in [0.4, 0.5) is 14.5 Å². The zero-order valence-corrected chi connectivity index (χ0v) is 12.2. The van der Waals surface area contributed by atoms with Crippen LogP contribution in [0, 0.1) is 11.6 Å². The van der Waals surface area contributed by atoms with E-state index in [1.54, 1.807) is 23.5 Å². The summed E-state index contributed by atoms with van der Waals surface area (Å²) in [6.45, 7) is 0. The maximum absolute atomic E-state index is 13.6. The van der Waals surface area contributed by atoms with Gasteiger partial charge < -0.3 is 5.32 Å². The lowest BCUT2D eigenvalue weighted by Gasteiger charge is -2.07. The highest BCUT2D eigenvalue weighted by Gasteiger charge is 2.16. The third kappa shape index (κ3) is 2.89. The van der Waals surface area contributed by atoms with Gasteiger partial charge in [-0.3, -0.25) is 4.79 Å². The first kappa shape index (κ1) is 14.4. The van der Waals surface area contributed by atoms with Gasteiger partial charge in [-0.2, -0.15) is 0 Å². The number of thiophene rings is 1. The summed E-state index contributed by atoms with van der Waals surface area (Å²) < 4.78 is 27.1. The van der Waals surface area contributed by atoms with Crippen LogP contribution in [-0.4, -0.2) is 5.91 Å². The molecule has 0 fully saturated rings. The van der Waals surface area contributed by atoms with Crippen molar-refractivity contribution in [3.8, 4) is 10.4 Å². The largest absolute Gasteiger partial charge is 0.322 e. The van der Waals surface area contributed by atoms with Gasteiger partial charge in [0, 0.05) is 10.6 Å². The van der Waals surface area contributed by atoms with Gasteiger partial charge in [-0.15, -0.1) is 11.3 Å². The maximum atomic E-state index is 13.6. The van der Waals surface area contributed by atoms with Crippen molar-refractivity contribution in [1.29, 1.82) is 0 Å². The number of amides is 1. The van der Waals surface area contributed by atoms with E-state index in [2.05, 4.69) is 5.32 Å². The Bertz CT molecular complexity index is 778. The van der Waals surface area contributed by atoms with Crippen molar-refractivity contribution >= 4 is 22.9 Å².